The highest BCUT2D eigenvalue weighted by Crippen LogP contribution is 2.20. The zero-order chi connectivity index (χ0) is 16.5. The van der Waals surface area contributed by atoms with Gasteiger partial charge in [-0.2, -0.15) is 0 Å². The molecule has 0 aliphatic heterocycles. The number of thioether (sulfide) groups is 1. The minimum Gasteiger partial charge on any atom is -0.452 e. The van der Waals surface area contributed by atoms with Gasteiger partial charge in [0.15, 0.2) is 6.61 Å². The molecule has 2 N–H and O–H groups in total. The lowest BCUT2D eigenvalue weighted by molar-refractivity contribution is -0.123. The van der Waals surface area contributed by atoms with Crippen molar-refractivity contribution in [1.82, 2.24) is 10.6 Å². The predicted octanol–water partition coefficient (Wildman–Crippen LogP) is 2.19. The van der Waals surface area contributed by atoms with Crippen LogP contribution in [0.15, 0.2) is 29.2 Å². The Balaban J connectivity index is 2.47. The summed E-state index contributed by atoms with van der Waals surface area (Å²) >= 11 is 1.41. The summed E-state index contributed by atoms with van der Waals surface area (Å²) in [5, 5.41) is 4.69. The molecule has 0 saturated heterocycles. The highest BCUT2D eigenvalue weighted by atomic mass is 32.2. The largest absolute Gasteiger partial charge is 0.452 e. The molecule has 1 aromatic carbocycles. The Hall–Kier alpha value is -2.02. The number of carbonyl (C=O) groups excluding carboxylic acids is 3. The number of hydrogen-bond donors (Lipinski definition) is 2. The number of imide groups is 1. The topological polar surface area (TPSA) is 84.5 Å². The summed E-state index contributed by atoms with van der Waals surface area (Å²) in [6, 6.07) is 6.32. The number of benzene rings is 1. The van der Waals surface area contributed by atoms with Crippen molar-refractivity contribution in [1.29, 1.82) is 0 Å². The molecule has 0 bridgehead atoms. The Labute approximate surface area is 134 Å². The number of urea groups is 1. The zero-order valence-electron chi connectivity index (χ0n) is 12.8. The lowest BCUT2D eigenvalue weighted by atomic mass is 10.2. The van der Waals surface area contributed by atoms with Crippen molar-refractivity contribution in [3.05, 3.63) is 29.8 Å². The summed E-state index contributed by atoms with van der Waals surface area (Å²) in [6.07, 6.45) is 2.60. The van der Waals surface area contributed by atoms with E-state index >= 15 is 0 Å². The highest BCUT2D eigenvalue weighted by molar-refractivity contribution is 7.98. The second-order valence-electron chi connectivity index (χ2n) is 4.61. The van der Waals surface area contributed by atoms with E-state index in [4.69, 9.17) is 4.74 Å². The van der Waals surface area contributed by atoms with E-state index in [1.54, 1.807) is 18.2 Å². The maximum atomic E-state index is 11.9. The molecule has 0 spiro atoms. The van der Waals surface area contributed by atoms with Gasteiger partial charge >= 0.3 is 12.0 Å². The van der Waals surface area contributed by atoms with E-state index in [9.17, 15) is 14.4 Å². The third-order valence-electron chi connectivity index (χ3n) is 2.90. The maximum Gasteiger partial charge on any atom is 0.339 e. The smallest absolute Gasteiger partial charge is 0.339 e. The molecule has 6 nitrogen and oxygen atoms in total. The fraction of sp³-hybridized carbons (Fsp3) is 0.400. The quantitative estimate of drug-likeness (QED) is 0.619. The van der Waals surface area contributed by atoms with Crippen molar-refractivity contribution in [2.24, 2.45) is 0 Å². The van der Waals surface area contributed by atoms with Crippen LogP contribution < -0.4 is 10.6 Å². The molecule has 1 rings (SSSR count). The molecule has 1 atom stereocenters. The van der Waals surface area contributed by atoms with Gasteiger partial charge in [0.1, 0.15) is 0 Å². The molecule has 0 unspecified atom stereocenters. The summed E-state index contributed by atoms with van der Waals surface area (Å²) in [6.45, 7) is 3.23. The molecule has 0 saturated carbocycles. The molecular formula is C15H20N2O4S. The van der Waals surface area contributed by atoms with Crippen molar-refractivity contribution in [2.45, 2.75) is 31.2 Å². The first-order chi connectivity index (χ1) is 10.5. The number of carbonyl (C=O) groups is 3. The number of esters is 1. The van der Waals surface area contributed by atoms with Crippen LogP contribution in [-0.2, 0) is 9.53 Å². The van der Waals surface area contributed by atoms with Crippen LogP contribution in [0.4, 0.5) is 4.79 Å². The third-order valence-corrected chi connectivity index (χ3v) is 3.70. The molecule has 1 aromatic rings. The van der Waals surface area contributed by atoms with E-state index in [1.807, 2.05) is 26.2 Å². The lowest BCUT2D eigenvalue weighted by Gasteiger charge is -2.12. The summed E-state index contributed by atoms with van der Waals surface area (Å²) < 4.78 is 4.92. The number of amides is 3. The van der Waals surface area contributed by atoms with Crippen molar-refractivity contribution in [2.75, 3.05) is 12.9 Å². The monoisotopic (exact) mass is 324 g/mol. The summed E-state index contributed by atoms with van der Waals surface area (Å²) in [5.74, 6) is -1.27. The van der Waals surface area contributed by atoms with Gasteiger partial charge < -0.3 is 10.1 Å². The first kappa shape index (κ1) is 18.0. The number of ether oxygens (including phenoxy) is 1. The van der Waals surface area contributed by atoms with E-state index in [1.165, 1.54) is 11.8 Å². The van der Waals surface area contributed by atoms with Crippen LogP contribution in [0, 0.1) is 0 Å². The molecule has 22 heavy (non-hydrogen) atoms. The van der Waals surface area contributed by atoms with Crippen LogP contribution in [0.2, 0.25) is 0 Å². The maximum absolute atomic E-state index is 11.9. The summed E-state index contributed by atoms with van der Waals surface area (Å²) in [4.78, 5) is 35.7. The van der Waals surface area contributed by atoms with Crippen molar-refractivity contribution < 1.29 is 19.1 Å². The Morgan fingerprint density at radius 1 is 1.27 bits per heavy atom. The average Bonchev–Trinajstić information content (AvgIpc) is 2.52. The molecule has 120 valence electrons. The molecule has 3 amide bonds. The van der Waals surface area contributed by atoms with Gasteiger partial charge in [-0.05, 0) is 31.7 Å². The average molecular weight is 324 g/mol. The van der Waals surface area contributed by atoms with Gasteiger partial charge in [-0.25, -0.2) is 9.59 Å². The van der Waals surface area contributed by atoms with Crippen molar-refractivity contribution >= 4 is 29.7 Å². The second-order valence-corrected chi connectivity index (χ2v) is 5.46. The van der Waals surface area contributed by atoms with Crippen LogP contribution in [0.3, 0.4) is 0 Å². The van der Waals surface area contributed by atoms with Crippen molar-refractivity contribution in [3.8, 4) is 0 Å². The summed E-state index contributed by atoms with van der Waals surface area (Å²) in [7, 11) is 0. The number of nitrogens with one attached hydrogen (secondary N) is 2. The first-order valence-corrected chi connectivity index (χ1v) is 8.10. The van der Waals surface area contributed by atoms with Gasteiger partial charge in [-0.15, -0.1) is 11.8 Å². The van der Waals surface area contributed by atoms with E-state index in [2.05, 4.69) is 10.6 Å². The Kier molecular flexibility index (Phi) is 7.45. The normalized spacial score (nSPS) is 11.4. The van der Waals surface area contributed by atoms with Crippen LogP contribution in [0.25, 0.3) is 0 Å². The molecular weight excluding hydrogens is 304 g/mol. The van der Waals surface area contributed by atoms with Gasteiger partial charge in [-0.3, -0.25) is 10.1 Å². The van der Waals surface area contributed by atoms with E-state index in [0.717, 1.165) is 11.3 Å². The minimum absolute atomic E-state index is 0.0381. The van der Waals surface area contributed by atoms with E-state index in [0.29, 0.717) is 5.56 Å². The Morgan fingerprint density at radius 3 is 2.59 bits per heavy atom. The summed E-state index contributed by atoms with van der Waals surface area (Å²) in [5.41, 5.74) is 0.395. The predicted molar refractivity (Wildman–Crippen MR) is 84.9 cm³/mol. The zero-order valence-corrected chi connectivity index (χ0v) is 13.7. The Morgan fingerprint density at radius 2 is 1.95 bits per heavy atom. The van der Waals surface area contributed by atoms with Crippen LogP contribution in [0.1, 0.15) is 30.6 Å². The number of hydrogen-bond acceptors (Lipinski definition) is 5. The van der Waals surface area contributed by atoms with Gasteiger partial charge in [0.05, 0.1) is 5.56 Å². The molecule has 0 aliphatic carbocycles. The standard InChI is InChI=1S/C15H20N2O4S/c1-4-10(2)16-15(20)17-13(18)9-21-14(19)11-7-5-6-8-12(11)22-3/h5-8,10H,4,9H2,1-3H3,(H2,16,17,18,20)/t10-/m1/s1. The van der Waals surface area contributed by atoms with Gasteiger partial charge in [0.2, 0.25) is 0 Å². The Bertz CT molecular complexity index is 548. The SMILES string of the molecule is CC[C@@H](C)NC(=O)NC(=O)COC(=O)c1ccccc1SC. The molecule has 7 heteroatoms. The molecule has 0 fully saturated rings. The van der Waals surface area contributed by atoms with Crippen LogP contribution in [0.5, 0.6) is 0 Å². The molecule has 0 radical (unpaired) electrons. The first-order valence-electron chi connectivity index (χ1n) is 6.88. The molecule has 0 aromatic heterocycles. The third kappa shape index (κ3) is 5.77. The minimum atomic E-state index is -0.671. The number of rotatable bonds is 6. The van der Waals surface area contributed by atoms with Crippen LogP contribution in [-0.4, -0.2) is 36.8 Å². The fourth-order valence-electron chi connectivity index (χ4n) is 1.55. The van der Waals surface area contributed by atoms with E-state index in [-0.39, 0.29) is 6.04 Å². The van der Waals surface area contributed by atoms with Crippen molar-refractivity contribution in [3.63, 3.8) is 0 Å². The molecule has 0 heterocycles. The van der Waals surface area contributed by atoms with E-state index < -0.39 is 24.5 Å². The van der Waals surface area contributed by atoms with Gasteiger partial charge in [-0.1, -0.05) is 19.1 Å². The van der Waals surface area contributed by atoms with Crippen LogP contribution >= 0.6 is 11.8 Å². The fourth-order valence-corrected chi connectivity index (χ4v) is 2.13. The van der Waals surface area contributed by atoms with Gasteiger partial charge in [0.25, 0.3) is 5.91 Å². The second kappa shape index (κ2) is 9.09. The highest BCUT2D eigenvalue weighted by Gasteiger charge is 2.15. The molecule has 0 aliphatic rings. The lowest BCUT2D eigenvalue weighted by Crippen LogP contribution is -2.44. The van der Waals surface area contributed by atoms with Gasteiger partial charge in [0, 0.05) is 10.9 Å².